The number of nitrogens with zero attached hydrogens (tertiary/aromatic N) is 1. The quantitative estimate of drug-likeness (QED) is 0.667. The Morgan fingerprint density at radius 3 is 2.42 bits per heavy atom. The van der Waals surface area contributed by atoms with Gasteiger partial charge in [-0.05, 0) is 66.2 Å². The van der Waals surface area contributed by atoms with Crippen molar-refractivity contribution in [2.75, 3.05) is 17.2 Å². The molecule has 9 nitrogen and oxygen atoms in total. The molecule has 3 N–H and O–H groups in total. The van der Waals surface area contributed by atoms with Gasteiger partial charge < -0.3 is 25.4 Å². The lowest BCUT2D eigenvalue weighted by molar-refractivity contribution is -0.114. The van der Waals surface area contributed by atoms with E-state index < -0.39 is 29.5 Å². The van der Waals surface area contributed by atoms with Crippen LogP contribution < -0.4 is 16.0 Å². The zero-order chi connectivity index (χ0) is 23.6. The second kappa shape index (κ2) is 9.13. The Hall–Kier alpha value is -2.81. The predicted molar refractivity (Wildman–Crippen MR) is 119 cm³/mol. The average molecular weight is 435 g/mol. The highest BCUT2D eigenvalue weighted by atomic mass is 16.6. The molecule has 1 aliphatic heterocycles. The number of hydrogen-bond acceptors (Lipinski definition) is 5. The Morgan fingerprint density at radius 1 is 1.19 bits per heavy atom. The van der Waals surface area contributed by atoms with Crippen molar-refractivity contribution in [2.45, 2.75) is 78.9 Å². The van der Waals surface area contributed by atoms with Gasteiger partial charge in [0.2, 0.25) is 5.91 Å². The van der Waals surface area contributed by atoms with E-state index in [1.165, 1.54) is 11.8 Å². The van der Waals surface area contributed by atoms with E-state index in [1.807, 2.05) is 13.8 Å². The van der Waals surface area contributed by atoms with E-state index in [1.54, 1.807) is 52.8 Å². The molecule has 0 radical (unpaired) electrons. The molecule has 1 aromatic rings. The van der Waals surface area contributed by atoms with Crippen LogP contribution in [0, 0.1) is 6.92 Å². The van der Waals surface area contributed by atoms with Gasteiger partial charge in [0.05, 0.1) is 12.1 Å². The first kappa shape index (κ1) is 24.5. The van der Waals surface area contributed by atoms with Crippen molar-refractivity contribution >= 4 is 29.4 Å². The Kier molecular flexibility index (Phi) is 7.21. The normalized spacial score (nSPS) is 20.2. The van der Waals surface area contributed by atoms with Gasteiger partial charge in [-0.1, -0.05) is 6.07 Å². The molecular formula is C22H34N4O5. The fourth-order valence-corrected chi connectivity index (χ4v) is 3.52. The lowest BCUT2D eigenvalue weighted by Crippen LogP contribution is -2.53. The maximum Gasteiger partial charge on any atom is 0.412 e. The highest BCUT2D eigenvalue weighted by Crippen LogP contribution is 2.33. The van der Waals surface area contributed by atoms with Crippen LogP contribution in [-0.2, 0) is 14.3 Å². The summed E-state index contributed by atoms with van der Waals surface area (Å²) in [7, 11) is 0. The van der Waals surface area contributed by atoms with E-state index in [0.717, 1.165) is 5.56 Å². The van der Waals surface area contributed by atoms with Crippen molar-refractivity contribution in [1.29, 1.82) is 0 Å². The third-order valence-corrected chi connectivity index (χ3v) is 4.80. The standard InChI is InChI=1S/C22H34N4O5/c1-13-9-10-16(11-17(13)24-15(3)27)25-19(28)23-12-18-14(2)30-22(7,8)26(18)20(29)31-21(4,5)6/h9-11,14,18H,12H2,1-8H3,(H,24,27)(H2,23,25,28)/t14-,18+/m1/s1. The topological polar surface area (TPSA) is 109 Å². The van der Waals surface area contributed by atoms with Crippen molar-refractivity contribution in [1.82, 2.24) is 10.2 Å². The highest BCUT2D eigenvalue weighted by molar-refractivity contribution is 5.93. The number of ether oxygens (including phenoxy) is 2. The van der Waals surface area contributed by atoms with Gasteiger partial charge in [-0.15, -0.1) is 0 Å². The largest absolute Gasteiger partial charge is 0.444 e. The number of rotatable bonds is 4. The van der Waals surface area contributed by atoms with Crippen LogP contribution in [0.2, 0.25) is 0 Å². The zero-order valence-corrected chi connectivity index (χ0v) is 19.6. The molecule has 0 saturated carbocycles. The van der Waals surface area contributed by atoms with Crippen molar-refractivity contribution in [2.24, 2.45) is 0 Å². The molecular weight excluding hydrogens is 400 g/mol. The molecule has 1 aliphatic rings. The van der Waals surface area contributed by atoms with Gasteiger partial charge in [-0.3, -0.25) is 9.69 Å². The first-order valence-corrected chi connectivity index (χ1v) is 10.3. The Balaban J connectivity index is 2.05. The molecule has 1 saturated heterocycles. The van der Waals surface area contributed by atoms with Gasteiger partial charge in [-0.2, -0.15) is 0 Å². The molecule has 1 heterocycles. The van der Waals surface area contributed by atoms with Crippen LogP contribution in [0.4, 0.5) is 21.0 Å². The molecule has 172 valence electrons. The second-order valence-electron chi connectivity index (χ2n) is 9.23. The maximum absolute atomic E-state index is 12.8. The van der Waals surface area contributed by atoms with Gasteiger partial charge in [0, 0.05) is 24.8 Å². The van der Waals surface area contributed by atoms with Crippen LogP contribution in [0.1, 0.15) is 54.0 Å². The first-order chi connectivity index (χ1) is 14.2. The number of amides is 4. The minimum Gasteiger partial charge on any atom is -0.444 e. The van der Waals surface area contributed by atoms with E-state index in [0.29, 0.717) is 11.4 Å². The van der Waals surface area contributed by atoms with Crippen LogP contribution >= 0.6 is 0 Å². The maximum atomic E-state index is 12.8. The summed E-state index contributed by atoms with van der Waals surface area (Å²) in [5.74, 6) is -0.190. The number of carbonyl (C=O) groups is 3. The van der Waals surface area contributed by atoms with Crippen molar-refractivity contribution < 1.29 is 23.9 Å². The summed E-state index contributed by atoms with van der Waals surface area (Å²) in [6, 6.07) is 4.41. The minimum absolute atomic E-state index is 0.181. The van der Waals surface area contributed by atoms with Crippen molar-refractivity contribution in [3.8, 4) is 0 Å². The monoisotopic (exact) mass is 434 g/mol. The summed E-state index contributed by atoms with van der Waals surface area (Å²) in [5, 5.41) is 8.27. The van der Waals surface area contributed by atoms with Crippen LogP contribution in [0.5, 0.6) is 0 Å². The number of anilines is 2. The summed E-state index contributed by atoms with van der Waals surface area (Å²) in [4.78, 5) is 38.1. The third kappa shape index (κ3) is 6.58. The number of benzene rings is 1. The van der Waals surface area contributed by atoms with Gasteiger partial charge >= 0.3 is 12.1 Å². The molecule has 0 unspecified atom stereocenters. The molecule has 31 heavy (non-hydrogen) atoms. The predicted octanol–water partition coefficient (Wildman–Crippen LogP) is 3.84. The van der Waals surface area contributed by atoms with Crippen LogP contribution in [0.25, 0.3) is 0 Å². The number of hydrogen-bond donors (Lipinski definition) is 3. The van der Waals surface area contributed by atoms with Gasteiger partial charge in [0.25, 0.3) is 0 Å². The fraction of sp³-hybridized carbons (Fsp3) is 0.591. The van der Waals surface area contributed by atoms with Crippen LogP contribution in [0.15, 0.2) is 18.2 Å². The lowest BCUT2D eigenvalue weighted by atomic mass is 10.1. The molecule has 1 aromatic carbocycles. The molecule has 9 heteroatoms. The summed E-state index contributed by atoms with van der Waals surface area (Å²) < 4.78 is 11.5. The molecule has 0 spiro atoms. The molecule has 0 bridgehead atoms. The Bertz CT molecular complexity index is 847. The molecule has 4 amide bonds. The number of nitrogens with one attached hydrogen (secondary N) is 3. The number of carbonyl (C=O) groups excluding carboxylic acids is 3. The van der Waals surface area contributed by atoms with Gasteiger partial charge in [-0.25, -0.2) is 9.59 Å². The van der Waals surface area contributed by atoms with E-state index in [9.17, 15) is 14.4 Å². The van der Waals surface area contributed by atoms with E-state index in [-0.39, 0.29) is 18.6 Å². The first-order valence-electron chi connectivity index (χ1n) is 10.3. The molecule has 2 atom stereocenters. The third-order valence-electron chi connectivity index (χ3n) is 4.80. The van der Waals surface area contributed by atoms with E-state index >= 15 is 0 Å². The smallest absolute Gasteiger partial charge is 0.412 e. The number of aryl methyl sites for hydroxylation is 1. The zero-order valence-electron chi connectivity index (χ0n) is 19.6. The Morgan fingerprint density at radius 2 is 1.84 bits per heavy atom. The van der Waals surface area contributed by atoms with Crippen LogP contribution in [-0.4, -0.2) is 52.9 Å². The minimum atomic E-state index is -0.866. The summed E-state index contributed by atoms with van der Waals surface area (Å²) >= 11 is 0. The van der Waals surface area contributed by atoms with Gasteiger partial charge in [0.1, 0.15) is 11.3 Å². The lowest BCUT2D eigenvalue weighted by Gasteiger charge is -2.35. The SMILES string of the molecule is CC(=O)Nc1cc(NC(=O)NC[C@H]2[C@@H](C)OC(C)(C)N2C(=O)OC(C)(C)C)ccc1C. The average Bonchev–Trinajstić information content (AvgIpc) is 2.82. The molecule has 0 aliphatic carbocycles. The van der Waals surface area contributed by atoms with Crippen LogP contribution in [0.3, 0.4) is 0 Å². The fourth-order valence-electron chi connectivity index (χ4n) is 3.52. The molecule has 1 fully saturated rings. The van der Waals surface area contributed by atoms with Crippen molar-refractivity contribution in [3.63, 3.8) is 0 Å². The summed E-state index contributed by atoms with van der Waals surface area (Å²) in [6.45, 7) is 14.3. The molecule has 2 rings (SSSR count). The van der Waals surface area contributed by atoms with E-state index in [2.05, 4.69) is 16.0 Å². The Labute approximate surface area is 183 Å². The summed E-state index contributed by atoms with van der Waals surface area (Å²) in [6.07, 6.45) is -0.791. The van der Waals surface area contributed by atoms with Gasteiger partial charge in [0.15, 0.2) is 0 Å². The van der Waals surface area contributed by atoms with E-state index in [4.69, 9.17) is 9.47 Å². The summed E-state index contributed by atoms with van der Waals surface area (Å²) in [5.41, 5.74) is 0.529. The molecule has 0 aromatic heterocycles. The number of urea groups is 1. The van der Waals surface area contributed by atoms with Crippen molar-refractivity contribution in [3.05, 3.63) is 23.8 Å². The highest BCUT2D eigenvalue weighted by Gasteiger charge is 2.49. The second-order valence-corrected chi connectivity index (χ2v) is 9.23.